The number of rotatable bonds is 1. The van der Waals surface area contributed by atoms with Gasteiger partial charge < -0.3 is 5.73 Å². The molecule has 6 nitrogen and oxygen atoms in total. The molecule has 0 unspecified atom stereocenters. The van der Waals surface area contributed by atoms with Crippen LogP contribution >= 0.6 is 0 Å². The van der Waals surface area contributed by atoms with Crippen LogP contribution in [0.3, 0.4) is 0 Å². The first kappa shape index (κ1) is 9.64. The Kier molecular flexibility index (Phi) is 1.97. The van der Waals surface area contributed by atoms with Crippen molar-refractivity contribution >= 4 is 11.7 Å². The third-order valence-electron chi connectivity index (χ3n) is 2.31. The van der Waals surface area contributed by atoms with Crippen LogP contribution in [0.1, 0.15) is 0 Å². The lowest BCUT2D eigenvalue weighted by molar-refractivity contribution is 0.630. The summed E-state index contributed by atoms with van der Waals surface area (Å²) < 4.78 is 14.8. The second kappa shape index (κ2) is 3.48. The summed E-state index contributed by atoms with van der Waals surface area (Å²) in [5.74, 6) is 0.0227. The molecule has 2 heterocycles. The molecule has 1 aromatic carbocycles. The van der Waals surface area contributed by atoms with E-state index in [4.69, 9.17) is 5.73 Å². The zero-order valence-corrected chi connectivity index (χ0v) is 8.58. The normalized spacial score (nSPS) is 10.9. The quantitative estimate of drug-likeness (QED) is 0.671. The number of halogens is 1. The molecule has 7 heteroatoms. The molecule has 0 aliphatic rings. The van der Waals surface area contributed by atoms with Crippen molar-refractivity contribution in [2.75, 3.05) is 5.73 Å². The molecule has 0 atom stereocenters. The van der Waals surface area contributed by atoms with Gasteiger partial charge in [-0.15, -0.1) is 10.2 Å². The topological polar surface area (TPSA) is 82.0 Å². The van der Waals surface area contributed by atoms with Gasteiger partial charge in [0.1, 0.15) is 5.82 Å². The Morgan fingerprint density at radius 2 is 2.00 bits per heavy atom. The van der Waals surface area contributed by atoms with Gasteiger partial charge in [0.2, 0.25) is 5.95 Å². The minimum absolute atomic E-state index is 0.146. The maximum atomic E-state index is 13.5. The summed E-state index contributed by atoms with van der Waals surface area (Å²) >= 11 is 0. The Balaban J connectivity index is 2.22. The predicted octanol–water partition coefficient (Wildman–Crippen LogP) is 0.908. The third-order valence-corrected chi connectivity index (χ3v) is 2.31. The van der Waals surface area contributed by atoms with Gasteiger partial charge in [0, 0.05) is 5.56 Å². The molecule has 2 aromatic heterocycles. The van der Waals surface area contributed by atoms with Gasteiger partial charge in [-0.25, -0.2) is 9.37 Å². The van der Waals surface area contributed by atoms with Crippen LogP contribution in [0.15, 0.2) is 30.5 Å². The first-order valence-electron chi connectivity index (χ1n) is 4.84. The van der Waals surface area contributed by atoms with Crippen molar-refractivity contribution in [2.45, 2.75) is 0 Å². The molecule has 3 aromatic rings. The highest BCUT2D eigenvalue weighted by atomic mass is 19.1. The number of anilines is 1. The fourth-order valence-corrected chi connectivity index (χ4v) is 1.51. The van der Waals surface area contributed by atoms with E-state index in [-0.39, 0.29) is 17.5 Å². The van der Waals surface area contributed by atoms with Crippen molar-refractivity contribution in [1.82, 2.24) is 24.8 Å². The Morgan fingerprint density at radius 3 is 2.82 bits per heavy atom. The number of nitrogens with two attached hydrogens (primary N) is 1. The van der Waals surface area contributed by atoms with Gasteiger partial charge in [0.05, 0.1) is 11.9 Å². The third kappa shape index (κ3) is 1.48. The van der Waals surface area contributed by atoms with Crippen LogP contribution in [-0.2, 0) is 0 Å². The number of nitrogens with zero attached hydrogens (tertiary/aromatic N) is 5. The van der Waals surface area contributed by atoms with Crippen LogP contribution in [0.2, 0.25) is 0 Å². The van der Waals surface area contributed by atoms with Crippen molar-refractivity contribution in [2.24, 2.45) is 0 Å². The van der Waals surface area contributed by atoms with Crippen molar-refractivity contribution < 1.29 is 4.39 Å². The van der Waals surface area contributed by atoms with E-state index in [1.165, 1.54) is 16.8 Å². The Labute approximate surface area is 94.9 Å². The first-order chi connectivity index (χ1) is 8.25. The van der Waals surface area contributed by atoms with Crippen molar-refractivity contribution in [3.63, 3.8) is 0 Å². The van der Waals surface area contributed by atoms with E-state index in [9.17, 15) is 4.39 Å². The maximum absolute atomic E-state index is 13.5. The average molecular weight is 230 g/mol. The molecule has 0 spiro atoms. The van der Waals surface area contributed by atoms with Crippen molar-refractivity contribution in [3.05, 3.63) is 36.3 Å². The second-order valence-corrected chi connectivity index (χ2v) is 3.39. The number of hydrogen-bond acceptors (Lipinski definition) is 5. The number of benzene rings is 1. The summed E-state index contributed by atoms with van der Waals surface area (Å²) in [6.07, 6.45) is 1.42. The van der Waals surface area contributed by atoms with Crippen LogP contribution in [0.25, 0.3) is 17.0 Å². The Hall–Kier alpha value is -2.57. The zero-order chi connectivity index (χ0) is 11.8. The van der Waals surface area contributed by atoms with Gasteiger partial charge in [-0.05, 0) is 12.1 Å². The van der Waals surface area contributed by atoms with Crippen LogP contribution in [0.4, 0.5) is 10.3 Å². The summed E-state index contributed by atoms with van der Waals surface area (Å²) in [7, 11) is 0. The smallest absolute Gasteiger partial charge is 0.274 e. The van der Waals surface area contributed by atoms with E-state index < -0.39 is 0 Å². The van der Waals surface area contributed by atoms with Gasteiger partial charge >= 0.3 is 0 Å². The van der Waals surface area contributed by atoms with E-state index >= 15 is 0 Å². The molecule has 2 N–H and O–H groups in total. The molecular weight excluding hydrogens is 223 g/mol. The van der Waals surface area contributed by atoms with E-state index in [2.05, 4.69) is 20.3 Å². The summed E-state index contributed by atoms with van der Waals surface area (Å²) in [4.78, 5) is 4.13. The molecule has 0 aliphatic carbocycles. The van der Waals surface area contributed by atoms with E-state index in [0.717, 1.165) is 0 Å². The molecule has 0 saturated heterocycles. The van der Waals surface area contributed by atoms with Crippen molar-refractivity contribution in [3.8, 4) is 11.3 Å². The minimum Gasteiger partial charge on any atom is -0.366 e. The van der Waals surface area contributed by atoms with Gasteiger partial charge in [0.25, 0.3) is 5.78 Å². The number of nitrogen functional groups attached to an aromatic ring is 1. The fourth-order valence-electron chi connectivity index (χ4n) is 1.51. The van der Waals surface area contributed by atoms with Gasteiger partial charge in [-0.1, -0.05) is 12.1 Å². The molecule has 3 rings (SSSR count). The van der Waals surface area contributed by atoms with Gasteiger partial charge in [-0.3, -0.25) is 0 Å². The predicted molar refractivity (Wildman–Crippen MR) is 58.4 cm³/mol. The molecule has 0 amide bonds. The SMILES string of the molecule is Nc1nnc2nc(-c3ccccc3F)cnn12. The Bertz CT molecular complexity index is 692. The maximum Gasteiger partial charge on any atom is 0.274 e. The van der Waals surface area contributed by atoms with Crippen LogP contribution < -0.4 is 5.73 Å². The number of aromatic nitrogens is 5. The molecule has 0 bridgehead atoms. The molecule has 17 heavy (non-hydrogen) atoms. The number of fused-ring (bicyclic) bond motifs is 1. The summed E-state index contributed by atoms with van der Waals surface area (Å²) in [5.41, 5.74) is 6.26. The van der Waals surface area contributed by atoms with E-state index in [1.54, 1.807) is 18.2 Å². The zero-order valence-electron chi connectivity index (χ0n) is 8.58. The number of hydrogen-bond donors (Lipinski definition) is 1. The highest BCUT2D eigenvalue weighted by Gasteiger charge is 2.09. The summed E-state index contributed by atoms with van der Waals surface area (Å²) in [6, 6.07) is 6.32. The van der Waals surface area contributed by atoms with Gasteiger partial charge in [0.15, 0.2) is 0 Å². The summed E-state index contributed by atoms with van der Waals surface area (Å²) in [5, 5.41) is 11.3. The highest BCUT2D eigenvalue weighted by molar-refractivity contribution is 5.60. The Morgan fingerprint density at radius 1 is 1.18 bits per heavy atom. The highest BCUT2D eigenvalue weighted by Crippen LogP contribution is 2.19. The van der Waals surface area contributed by atoms with Gasteiger partial charge in [-0.2, -0.15) is 9.61 Å². The lowest BCUT2D eigenvalue weighted by Crippen LogP contribution is -2.00. The molecule has 0 aliphatic heterocycles. The van der Waals surface area contributed by atoms with Crippen LogP contribution in [0, 0.1) is 5.82 Å². The fraction of sp³-hybridized carbons (Fsp3) is 0. The minimum atomic E-state index is -0.362. The van der Waals surface area contributed by atoms with Crippen molar-refractivity contribution in [1.29, 1.82) is 0 Å². The average Bonchev–Trinajstić information content (AvgIpc) is 2.71. The molecular formula is C10H7FN6. The monoisotopic (exact) mass is 230 g/mol. The molecule has 0 saturated carbocycles. The summed E-state index contributed by atoms with van der Waals surface area (Å²) in [6.45, 7) is 0. The van der Waals surface area contributed by atoms with Crippen LogP contribution in [0.5, 0.6) is 0 Å². The lowest BCUT2D eigenvalue weighted by atomic mass is 10.1. The second-order valence-electron chi connectivity index (χ2n) is 3.39. The molecule has 0 fully saturated rings. The standard InChI is InChI=1S/C10H7FN6/c11-7-4-2-1-3-6(7)8-5-13-17-9(12)15-16-10(17)14-8/h1-5H,(H2,12,15). The van der Waals surface area contributed by atoms with Crippen LogP contribution in [-0.4, -0.2) is 24.8 Å². The molecule has 84 valence electrons. The molecule has 0 radical (unpaired) electrons. The lowest BCUT2D eigenvalue weighted by Gasteiger charge is -2.01. The largest absolute Gasteiger partial charge is 0.366 e. The first-order valence-corrected chi connectivity index (χ1v) is 4.84. The van der Waals surface area contributed by atoms with E-state index in [1.807, 2.05) is 0 Å². The van der Waals surface area contributed by atoms with E-state index in [0.29, 0.717) is 11.3 Å².